The number of aryl methyl sites for hydroxylation is 1. The molecule has 0 saturated heterocycles. The van der Waals surface area contributed by atoms with E-state index >= 15 is 0 Å². The molecule has 5 aromatic rings. The summed E-state index contributed by atoms with van der Waals surface area (Å²) in [6, 6.07) is 12.0. The van der Waals surface area contributed by atoms with Crippen LogP contribution in [0.1, 0.15) is 48.8 Å². The average molecular weight is 543 g/mol. The number of nitriles is 1. The zero-order valence-corrected chi connectivity index (χ0v) is 21.8. The van der Waals surface area contributed by atoms with Crippen molar-refractivity contribution in [3.05, 3.63) is 94.4 Å². The van der Waals surface area contributed by atoms with Gasteiger partial charge in [-0.15, -0.1) is 5.10 Å². The highest BCUT2D eigenvalue weighted by atomic mass is 35.5. The Balaban J connectivity index is 1.39. The fourth-order valence-electron chi connectivity index (χ4n) is 4.47. The quantitative estimate of drug-likeness (QED) is 0.256. The first-order chi connectivity index (χ1) is 19.3. The third kappa shape index (κ3) is 5.26. The highest BCUT2D eigenvalue weighted by Crippen LogP contribution is 2.37. The van der Waals surface area contributed by atoms with Crippen molar-refractivity contribution < 1.29 is 5.76 Å². The number of anilines is 2. The van der Waals surface area contributed by atoms with Gasteiger partial charge in [0.25, 0.3) is 0 Å². The molecule has 1 aliphatic carbocycles. The molecule has 2 N–H and O–H groups in total. The second kappa shape index (κ2) is 10.3. The molecule has 0 radical (unpaired) electrons. The second-order valence-corrected chi connectivity index (χ2v) is 9.90. The van der Waals surface area contributed by atoms with Crippen LogP contribution in [0.2, 0.25) is 5.02 Å². The summed E-state index contributed by atoms with van der Waals surface area (Å²) in [5.41, 5.74) is 3.73. The fourth-order valence-corrected chi connectivity index (χ4v) is 4.74. The maximum absolute atomic E-state index is 13.8. The van der Waals surface area contributed by atoms with Crippen molar-refractivity contribution >= 4 is 33.9 Å². The molecule has 1 aliphatic rings. The van der Waals surface area contributed by atoms with Gasteiger partial charge in [-0.3, -0.25) is 9.67 Å². The third-order valence-corrected chi connectivity index (χ3v) is 6.87. The summed E-state index contributed by atoms with van der Waals surface area (Å²) >= 11 is 6.69. The summed E-state index contributed by atoms with van der Waals surface area (Å²) in [4.78, 5) is 4.42. The van der Waals surface area contributed by atoms with E-state index < -0.39 is 11.8 Å². The zero-order chi connectivity index (χ0) is 27.9. The van der Waals surface area contributed by atoms with Crippen molar-refractivity contribution in [1.29, 1.82) is 5.26 Å². The molecule has 0 unspecified atom stereocenters. The van der Waals surface area contributed by atoms with Crippen LogP contribution in [0.3, 0.4) is 0 Å². The Kier molecular flexibility index (Phi) is 6.26. The molecule has 6 rings (SSSR count). The summed E-state index contributed by atoms with van der Waals surface area (Å²) < 4.78 is 26.8. The van der Waals surface area contributed by atoms with E-state index in [0.29, 0.717) is 57.1 Å². The molecule has 0 bridgehead atoms. The van der Waals surface area contributed by atoms with Crippen LogP contribution >= 0.6 is 11.6 Å². The van der Waals surface area contributed by atoms with Crippen molar-refractivity contribution in [3.8, 4) is 6.07 Å². The molecule has 9 nitrogen and oxygen atoms in total. The topological polar surface area (TPSA) is 109 Å². The van der Waals surface area contributed by atoms with Crippen molar-refractivity contribution in [2.45, 2.75) is 31.3 Å². The molecule has 196 valence electrons. The lowest BCUT2D eigenvalue weighted by Crippen LogP contribution is -2.13. The number of rotatable bonds is 9. The lowest BCUT2D eigenvalue weighted by Gasteiger charge is -2.20. The van der Waals surface area contributed by atoms with Crippen molar-refractivity contribution in [3.63, 3.8) is 0 Å². The maximum Gasteiger partial charge on any atom is 0.123 e. The van der Waals surface area contributed by atoms with Crippen molar-refractivity contribution in [2.24, 2.45) is 7.05 Å². The first-order valence-electron chi connectivity index (χ1n) is 13.1. The highest BCUT2D eigenvalue weighted by molar-refractivity contribution is 6.35. The standard InChI is InChI=1S/C28H25ClFN9/c1-38-11-9-20(36-38)8-10-32-26-18(14-31)15-33-28-23(26)12-21(13-24(28)29)34-27(17-2-4-19(30)5-3-17)25-16-39(37-35-25)22-6-7-22/h2-5,9,11-13,15-16,22,27,34H,6-8,10H2,1H3,(H,32,33)/t27-/m0/s1/i27D. The van der Waals surface area contributed by atoms with E-state index in [0.717, 1.165) is 18.5 Å². The Morgan fingerprint density at radius 2 is 2.08 bits per heavy atom. The molecule has 0 aliphatic heterocycles. The van der Waals surface area contributed by atoms with Gasteiger partial charge >= 0.3 is 0 Å². The Labute approximate surface area is 230 Å². The number of benzene rings is 2. The number of nitrogens with one attached hydrogen (secondary N) is 2. The molecule has 39 heavy (non-hydrogen) atoms. The van der Waals surface area contributed by atoms with Crippen LogP contribution < -0.4 is 10.6 Å². The highest BCUT2D eigenvalue weighted by Gasteiger charge is 2.27. The SMILES string of the molecule is [2H][C@](Nc1cc(Cl)c2ncc(C#N)c(NCCc3ccn(C)n3)c2c1)(c1ccc(F)cc1)c1cn(C2CC2)nn1. The number of pyridine rings is 1. The van der Waals surface area contributed by atoms with Crippen LogP contribution in [0, 0.1) is 17.1 Å². The van der Waals surface area contributed by atoms with Gasteiger partial charge in [-0.2, -0.15) is 10.4 Å². The van der Waals surface area contributed by atoms with Gasteiger partial charge in [-0.25, -0.2) is 9.07 Å². The Bertz CT molecular complexity index is 1740. The van der Waals surface area contributed by atoms with E-state index in [2.05, 4.69) is 37.1 Å². The van der Waals surface area contributed by atoms with Crippen LogP contribution in [0.5, 0.6) is 0 Å². The number of halogens is 2. The van der Waals surface area contributed by atoms with Gasteiger partial charge in [0.1, 0.15) is 17.6 Å². The van der Waals surface area contributed by atoms with Gasteiger partial charge in [0.05, 0.1) is 47.1 Å². The van der Waals surface area contributed by atoms with Crippen LogP contribution in [0.4, 0.5) is 15.8 Å². The van der Waals surface area contributed by atoms with E-state index in [-0.39, 0.29) is 6.04 Å². The van der Waals surface area contributed by atoms with Gasteiger partial charge in [0.2, 0.25) is 0 Å². The molecular formula is C28H25ClFN9. The lowest BCUT2D eigenvalue weighted by atomic mass is 10.0. The minimum atomic E-state index is -1.61. The van der Waals surface area contributed by atoms with Crippen molar-refractivity contribution in [1.82, 2.24) is 29.8 Å². The van der Waals surface area contributed by atoms with Gasteiger partial charge in [0, 0.05) is 43.5 Å². The lowest BCUT2D eigenvalue weighted by molar-refractivity contribution is 0.610. The third-order valence-electron chi connectivity index (χ3n) is 6.59. The van der Waals surface area contributed by atoms with E-state index in [1.165, 1.54) is 18.3 Å². The first kappa shape index (κ1) is 23.6. The predicted octanol–water partition coefficient (Wildman–Crippen LogP) is 5.41. The minimum absolute atomic E-state index is 0.282. The fraction of sp³-hybridized carbons (Fsp3) is 0.250. The Morgan fingerprint density at radius 1 is 1.26 bits per heavy atom. The van der Waals surface area contributed by atoms with Crippen LogP contribution in [-0.4, -0.2) is 36.3 Å². The van der Waals surface area contributed by atoms with Gasteiger partial charge in [-0.1, -0.05) is 28.9 Å². The summed E-state index contributed by atoms with van der Waals surface area (Å²) in [7, 11) is 1.86. The van der Waals surface area contributed by atoms with Gasteiger partial charge in [-0.05, 0) is 48.7 Å². The maximum atomic E-state index is 13.8. The molecular weight excluding hydrogens is 517 g/mol. The summed E-state index contributed by atoms with van der Waals surface area (Å²) in [6.45, 7) is 0.530. The zero-order valence-electron chi connectivity index (χ0n) is 22.1. The van der Waals surface area contributed by atoms with E-state index in [4.69, 9.17) is 11.6 Å². The van der Waals surface area contributed by atoms with Gasteiger partial charge < -0.3 is 10.6 Å². The van der Waals surface area contributed by atoms with Crippen LogP contribution in [0.15, 0.2) is 61.1 Å². The van der Waals surface area contributed by atoms with E-state index in [1.54, 1.807) is 39.8 Å². The normalized spacial score (nSPS) is 15.0. The number of aromatic nitrogens is 6. The molecule has 1 saturated carbocycles. The predicted molar refractivity (Wildman–Crippen MR) is 147 cm³/mol. The second-order valence-electron chi connectivity index (χ2n) is 9.49. The summed E-state index contributed by atoms with van der Waals surface area (Å²) in [5, 5.41) is 30.4. The first-order valence-corrected chi connectivity index (χ1v) is 12.9. The molecule has 1 fully saturated rings. The number of hydrogen-bond acceptors (Lipinski definition) is 7. The molecule has 0 spiro atoms. The van der Waals surface area contributed by atoms with Gasteiger partial charge in [0.15, 0.2) is 0 Å². The molecule has 3 aromatic heterocycles. The smallest absolute Gasteiger partial charge is 0.123 e. The molecule has 2 aromatic carbocycles. The van der Waals surface area contributed by atoms with Crippen LogP contribution in [0.25, 0.3) is 10.9 Å². The minimum Gasteiger partial charge on any atom is -0.383 e. The van der Waals surface area contributed by atoms with Crippen LogP contribution in [-0.2, 0) is 13.5 Å². The number of hydrogen-bond donors (Lipinski definition) is 2. The summed E-state index contributed by atoms with van der Waals surface area (Å²) in [5.74, 6) is -0.405. The Hall–Kier alpha value is -4.49. The molecule has 1 atom stereocenters. The van der Waals surface area contributed by atoms with E-state index in [1.807, 2.05) is 19.3 Å². The molecule has 0 amide bonds. The molecule has 3 heterocycles. The monoisotopic (exact) mass is 542 g/mol. The summed E-state index contributed by atoms with van der Waals surface area (Å²) in [6.07, 6.45) is 7.81. The Morgan fingerprint density at radius 3 is 2.79 bits per heavy atom. The molecule has 11 heteroatoms. The number of fused-ring (bicyclic) bond motifs is 1. The van der Waals surface area contributed by atoms with E-state index in [9.17, 15) is 11.0 Å². The average Bonchev–Trinajstić information content (AvgIpc) is 3.51. The number of nitrogens with zero attached hydrogens (tertiary/aromatic N) is 7. The van der Waals surface area contributed by atoms with Crippen molar-refractivity contribution in [2.75, 3.05) is 17.2 Å². The largest absolute Gasteiger partial charge is 0.383 e.